The molecule has 0 N–H and O–H groups in total. The molecule has 0 fully saturated rings. The lowest BCUT2D eigenvalue weighted by Gasteiger charge is -2.07. The summed E-state index contributed by atoms with van der Waals surface area (Å²) >= 11 is 0. The third kappa shape index (κ3) is 2.82. The Morgan fingerprint density at radius 2 is 2.21 bits per heavy atom. The van der Waals surface area contributed by atoms with Gasteiger partial charge < -0.3 is 4.74 Å². The fraction of sp³-hybridized carbons (Fsp3) is 0.273. The van der Waals surface area contributed by atoms with Crippen molar-refractivity contribution < 1.29 is 23.2 Å². The van der Waals surface area contributed by atoms with Crippen LogP contribution in [0.2, 0.25) is 0 Å². The third-order valence-corrected chi connectivity index (χ3v) is 2.23. The summed E-state index contributed by atoms with van der Waals surface area (Å²) < 4.78 is 29.9. The zero-order valence-corrected chi connectivity index (χ0v) is 9.72. The van der Waals surface area contributed by atoms with Crippen molar-refractivity contribution in [2.45, 2.75) is 13.3 Å². The first-order valence-electron chi connectivity index (χ1n) is 5.10. The number of carbonyl (C=O) groups excluding carboxylic acids is 1. The maximum absolute atomic E-state index is 12.7. The molecule has 1 rings (SSSR count). The third-order valence-electron chi connectivity index (χ3n) is 2.23. The SMILES string of the molecule is CCOC(=O)c1ccc(C(F)F)c([N+](=O)[O-])c1C#N. The van der Waals surface area contributed by atoms with Crippen molar-refractivity contribution in [1.82, 2.24) is 0 Å². The van der Waals surface area contributed by atoms with Crippen LogP contribution in [0.5, 0.6) is 0 Å². The van der Waals surface area contributed by atoms with Crippen molar-refractivity contribution in [1.29, 1.82) is 5.26 Å². The Labute approximate surface area is 106 Å². The van der Waals surface area contributed by atoms with Gasteiger partial charge in [0.05, 0.1) is 22.7 Å². The van der Waals surface area contributed by atoms with Gasteiger partial charge in [0, 0.05) is 0 Å². The fourth-order valence-corrected chi connectivity index (χ4v) is 1.47. The van der Waals surface area contributed by atoms with Gasteiger partial charge in [-0.05, 0) is 19.1 Å². The first-order chi connectivity index (χ1) is 8.93. The summed E-state index contributed by atoms with van der Waals surface area (Å²) in [5.74, 6) is -0.969. The van der Waals surface area contributed by atoms with Gasteiger partial charge in [-0.2, -0.15) is 5.26 Å². The summed E-state index contributed by atoms with van der Waals surface area (Å²) in [6, 6.07) is 3.07. The summed E-state index contributed by atoms with van der Waals surface area (Å²) in [7, 11) is 0. The number of esters is 1. The second kappa shape index (κ2) is 5.86. The highest BCUT2D eigenvalue weighted by Gasteiger charge is 2.30. The molecule has 0 radical (unpaired) electrons. The number of hydrogen-bond acceptors (Lipinski definition) is 5. The molecule has 8 heteroatoms. The number of nitrogens with zero attached hydrogens (tertiary/aromatic N) is 2. The van der Waals surface area contributed by atoms with Crippen molar-refractivity contribution in [2.75, 3.05) is 6.61 Å². The molecule has 0 spiro atoms. The van der Waals surface area contributed by atoms with Crippen LogP contribution in [0.4, 0.5) is 14.5 Å². The number of alkyl halides is 2. The van der Waals surface area contributed by atoms with Crippen molar-refractivity contribution in [2.24, 2.45) is 0 Å². The summed E-state index contributed by atoms with van der Waals surface area (Å²) in [4.78, 5) is 21.2. The number of carbonyl (C=O) groups is 1. The van der Waals surface area contributed by atoms with Gasteiger partial charge in [0.15, 0.2) is 0 Å². The lowest BCUT2D eigenvalue weighted by Crippen LogP contribution is -2.10. The van der Waals surface area contributed by atoms with Crippen molar-refractivity contribution in [3.8, 4) is 6.07 Å². The van der Waals surface area contributed by atoms with Crippen LogP contribution in [-0.2, 0) is 4.74 Å². The Balaban J connectivity index is 3.55. The van der Waals surface area contributed by atoms with E-state index in [0.717, 1.165) is 12.1 Å². The topological polar surface area (TPSA) is 93.2 Å². The van der Waals surface area contributed by atoms with E-state index >= 15 is 0 Å². The molecule has 0 aliphatic heterocycles. The van der Waals surface area contributed by atoms with Crippen LogP contribution in [0.1, 0.15) is 34.8 Å². The Morgan fingerprint density at radius 3 is 2.63 bits per heavy atom. The molecule has 0 saturated heterocycles. The van der Waals surface area contributed by atoms with Gasteiger partial charge in [-0.3, -0.25) is 10.1 Å². The number of rotatable bonds is 4. The zero-order chi connectivity index (χ0) is 14.6. The smallest absolute Gasteiger partial charge is 0.339 e. The molecule has 0 atom stereocenters. The number of nitro groups is 1. The van der Waals surface area contributed by atoms with Crippen LogP contribution in [0.15, 0.2) is 12.1 Å². The van der Waals surface area contributed by atoms with Gasteiger partial charge in [-0.25, -0.2) is 13.6 Å². The fourth-order valence-electron chi connectivity index (χ4n) is 1.47. The van der Waals surface area contributed by atoms with Crippen LogP contribution < -0.4 is 0 Å². The molecule has 0 bridgehead atoms. The molecule has 1 aromatic rings. The predicted molar refractivity (Wildman–Crippen MR) is 58.7 cm³/mol. The van der Waals surface area contributed by atoms with E-state index in [4.69, 9.17) is 5.26 Å². The number of nitro benzene ring substituents is 1. The van der Waals surface area contributed by atoms with Gasteiger partial charge in [0.1, 0.15) is 11.6 Å². The lowest BCUT2D eigenvalue weighted by molar-refractivity contribution is -0.386. The maximum atomic E-state index is 12.7. The van der Waals surface area contributed by atoms with Crippen molar-refractivity contribution in [3.63, 3.8) is 0 Å². The number of halogens is 2. The normalized spacial score (nSPS) is 10.1. The zero-order valence-electron chi connectivity index (χ0n) is 9.72. The van der Waals surface area contributed by atoms with E-state index in [0.29, 0.717) is 0 Å². The van der Waals surface area contributed by atoms with Gasteiger partial charge >= 0.3 is 5.97 Å². The largest absolute Gasteiger partial charge is 0.462 e. The second-order valence-corrected chi connectivity index (χ2v) is 3.32. The molecular weight excluding hydrogens is 262 g/mol. The minimum absolute atomic E-state index is 0.00585. The van der Waals surface area contributed by atoms with Crippen LogP contribution in [0.3, 0.4) is 0 Å². The quantitative estimate of drug-likeness (QED) is 0.476. The van der Waals surface area contributed by atoms with Gasteiger partial charge in [-0.15, -0.1) is 0 Å². The van der Waals surface area contributed by atoms with Crippen LogP contribution in [0, 0.1) is 21.4 Å². The molecule has 6 nitrogen and oxygen atoms in total. The predicted octanol–water partition coefficient (Wildman–Crippen LogP) is 2.58. The maximum Gasteiger partial charge on any atom is 0.339 e. The standard InChI is InChI=1S/C11H8F2N2O4/c1-2-19-11(16)6-3-4-7(10(12)13)9(15(17)18)8(6)5-14/h3-4,10H,2H2,1H3. The molecule has 0 aromatic heterocycles. The van der Waals surface area contributed by atoms with E-state index in [2.05, 4.69) is 4.74 Å². The lowest BCUT2D eigenvalue weighted by atomic mass is 10.0. The monoisotopic (exact) mass is 270 g/mol. The number of benzene rings is 1. The number of ether oxygens (including phenoxy) is 1. The minimum atomic E-state index is -3.12. The number of nitriles is 1. The van der Waals surface area contributed by atoms with Crippen molar-refractivity contribution in [3.05, 3.63) is 38.9 Å². The molecule has 19 heavy (non-hydrogen) atoms. The van der Waals surface area contributed by atoms with Crippen molar-refractivity contribution >= 4 is 11.7 Å². The molecule has 0 aliphatic carbocycles. The van der Waals surface area contributed by atoms with E-state index in [1.807, 2.05) is 0 Å². The van der Waals surface area contributed by atoms with E-state index < -0.39 is 39.7 Å². The average Bonchev–Trinajstić information content (AvgIpc) is 2.36. The summed E-state index contributed by atoms with van der Waals surface area (Å²) in [6.45, 7) is 1.50. The molecule has 0 aliphatic rings. The minimum Gasteiger partial charge on any atom is -0.462 e. The highest BCUT2D eigenvalue weighted by Crippen LogP contribution is 2.33. The first kappa shape index (κ1) is 14.5. The average molecular weight is 270 g/mol. The van der Waals surface area contributed by atoms with Gasteiger partial charge in [0.25, 0.3) is 12.1 Å². The van der Waals surface area contributed by atoms with E-state index in [-0.39, 0.29) is 6.61 Å². The van der Waals surface area contributed by atoms with Crippen LogP contribution in [0.25, 0.3) is 0 Å². The molecule has 0 amide bonds. The van der Waals surface area contributed by atoms with E-state index in [9.17, 15) is 23.7 Å². The first-order valence-corrected chi connectivity index (χ1v) is 5.10. The van der Waals surface area contributed by atoms with E-state index in [1.165, 1.54) is 13.0 Å². The molecule has 100 valence electrons. The Kier molecular flexibility index (Phi) is 4.47. The van der Waals surface area contributed by atoms with Crippen LogP contribution in [-0.4, -0.2) is 17.5 Å². The highest BCUT2D eigenvalue weighted by molar-refractivity contribution is 5.94. The van der Waals surface area contributed by atoms with E-state index in [1.54, 1.807) is 0 Å². The Bertz CT molecular complexity index is 567. The molecule has 0 heterocycles. The van der Waals surface area contributed by atoms with Gasteiger partial charge in [0.2, 0.25) is 0 Å². The number of hydrogen-bond donors (Lipinski definition) is 0. The Hall–Kier alpha value is -2.56. The summed E-state index contributed by atoms with van der Waals surface area (Å²) in [5, 5.41) is 19.7. The molecule has 1 aromatic carbocycles. The van der Waals surface area contributed by atoms with Gasteiger partial charge in [-0.1, -0.05) is 0 Å². The summed E-state index contributed by atoms with van der Waals surface area (Å²) in [5.41, 5.74) is -3.10. The molecule has 0 saturated carbocycles. The molecule has 0 unspecified atom stereocenters. The van der Waals surface area contributed by atoms with Crippen LogP contribution >= 0.6 is 0 Å². The summed E-state index contributed by atoms with van der Waals surface area (Å²) in [6.07, 6.45) is -3.12. The second-order valence-electron chi connectivity index (χ2n) is 3.32. The molecular formula is C11H8F2N2O4. The Morgan fingerprint density at radius 1 is 1.58 bits per heavy atom. The highest BCUT2D eigenvalue weighted by atomic mass is 19.3.